The van der Waals surface area contributed by atoms with Gasteiger partial charge in [0, 0.05) is 36.5 Å². The van der Waals surface area contributed by atoms with Crippen LogP contribution in [-0.4, -0.2) is 57.1 Å². The molecule has 2 aromatic carbocycles. The lowest BCUT2D eigenvalue weighted by molar-refractivity contribution is 0.0478. The Kier molecular flexibility index (Phi) is 12.4. The SMILES string of the molecule is CC(NC(=O)OC(C)(C)C)[C@H]1C[C@H]1C(C)N(C(=O)OC(C)(C)C)n1cc(C(=O)NCc2c(F)cc(F)cc2F)c(=O)c(OCc2ccccc2)c1C(=O)O. The zero-order chi connectivity index (χ0) is 40.3. The van der Waals surface area contributed by atoms with Crippen LogP contribution in [0.25, 0.3) is 0 Å². The number of alkyl carbamates (subject to hydrolysis) is 1. The summed E-state index contributed by atoms with van der Waals surface area (Å²) in [7, 11) is 0. The highest BCUT2D eigenvalue weighted by atomic mass is 19.1. The number of halogens is 3. The van der Waals surface area contributed by atoms with Crippen molar-refractivity contribution < 1.29 is 51.7 Å². The second-order valence-electron chi connectivity index (χ2n) is 15.1. The average molecular weight is 759 g/mol. The van der Waals surface area contributed by atoms with E-state index in [-0.39, 0.29) is 18.4 Å². The van der Waals surface area contributed by atoms with Gasteiger partial charge in [0.2, 0.25) is 11.2 Å². The van der Waals surface area contributed by atoms with Gasteiger partial charge >= 0.3 is 18.2 Å². The van der Waals surface area contributed by atoms with Gasteiger partial charge in [-0.2, -0.15) is 0 Å². The third kappa shape index (κ3) is 10.3. The number of carbonyl (C=O) groups is 4. The summed E-state index contributed by atoms with van der Waals surface area (Å²) < 4.78 is 60.0. The number of aromatic nitrogens is 1. The van der Waals surface area contributed by atoms with Gasteiger partial charge in [0.15, 0.2) is 5.69 Å². The number of amides is 3. The Labute approximate surface area is 310 Å². The first kappa shape index (κ1) is 41.2. The molecular formula is C38H45F3N4O9. The highest BCUT2D eigenvalue weighted by Gasteiger charge is 2.49. The number of pyridine rings is 1. The number of benzene rings is 2. The number of carboxylic acid groups (broad SMARTS) is 1. The van der Waals surface area contributed by atoms with Crippen LogP contribution in [0.15, 0.2) is 53.5 Å². The first-order chi connectivity index (χ1) is 25.1. The van der Waals surface area contributed by atoms with E-state index < -0.39 is 99.3 Å². The van der Waals surface area contributed by atoms with Gasteiger partial charge in [0.25, 0.3) is 5.91 Å². The first-order valence-corrected chi connectivity index (χ1v) is 17.2. The molecule has 16 heteroatoms. The van der Waals surface area contributed by atoms with E-state index in [9.17, 15) is 42.3 Å². The second kappa shape index (κ2) is 16.2. The van der Waals surface area contributed by atoms with E-state index in [0.29, 0.717) is 24.1 Å². The summed E-state index contributed by atoms with van der Waals surface area (Å²) in [6.45, 7) is 12.1. The van der Waals surface area contributed by atoms with E-state index in [0.717, 1.165) is 15.9 Å². The number of hydrogen-bond acceptors (Lipinski definition) is 8. The Morgan fingerprint density at radius 1 is 0.944 bits per heavy atom. The van der Waals surface area contributed by atoms with Gasteiger partial charge in [-0.25, -0.2) is 37.2 Å². The quantitative estimate of drug-likeness (QED) is 0.193. The van der Waals surface area contributed by atoms with E-state index in [1.165, 1.54) is 0 Å². The highest BCUT2D eigenvalue weighted by molar-refractivity contribution is 5.97. The van der Waals surface area contributed by atoms with Crippen LogP contribution in [0.2, 0.25) is 0 Å². The lowest BCUT2D eigenvalue weighted by atomic mass is 10.1. The number of carboxylic acids is 1. The van der Waals surface area contributed by atoms with E-state index in [2.05, 4.69) is 10.6 Å². The molecule has 3 aromatic rings. The molecule has 1 aliphatic carbocycles. The third-order valence-electron chi connectivity index (χ3n) is 8.45. The number of hydrogen-bond donors (Lipinski definition) is 3. The molecule has 1 aliphatic rings. The fourth-order valence-electron chi connectivity index (χ4n) is 5.88. The molecule has 1 fully saturated rings. The highest BCUT2D eigenvalue weighted by Crippen LogP contribution is 2.45. The van der Waals surface area contributed by atoms with Crippen molar-refractivity contribution in [3.8, 4) is 5.75 Å². The standard InChI is InChI=1S/C38H45F3N4O9/c1-20(43-35(50)53-37(3,4)5)24-16-25(24)21(2)45(36(51)54-38(6,7)8)44-18-27(33(47)42-17-26-28(40)14-23(39)15-29(26)41)31(46)32(30(44)34(48)49)52-19-22-12-10-9-11-13-22/h9-15,18,20-21,24-25H,16-17,19H2,1-8H3,(H,42,47)(H,43,50)(H,48,49)/t20?,21?,24-,25+/m1/s1. The summed E-state index contributed by atoms with van der Waals surface area (Å²) in [5.41, 5.74) is -4.79. The maximum atomic E-state index is 14.4. The molecular weight excluding hydrogens is 713 g/mol. The molecule has 0 spiro atoms. The first-order valence-electron chi connectivity index (χ1n) is 17.2. The number of carbonyl (C=O) groups excluding carboxylic acids is 3. The van der Waals surface area contributed by atoms with Crippen molar-refractivity contribution in [3.63, 3.8) is 0 Å². The Morgan fingerprint density at radius 2 is 1.54 bits per heavy atom. The maximum absolute atomic E-state index is 14.4. The van der Waals surface area contributed by atoms with Crippen molar-refractivity contribution in [1.29, 1.82) is 0 Å². The second-order valence-corrected chi connectivity index (χ2v) is 15.1. The molecule has 4 atom stereocenters. The van der Waals surface area contributed by atoms with Gasteiger partial charge in [0.1, 0.15) is 40.8 Å². The predicted molar refractivity (Wildman–Crippen MR) is 190 cm³/mol. The van der Waals surface area contributed by atoms with Crippen molar-refractivity contribution in [1.82, 2.24) is 15.3 Å². The molecule has 3 N–H and O–H groups in total. The van der Waals surface area contributed by atoms with Crippen LogP contribution in [0.3, 0.4) is 0 Å². The van der Waals surface area contributed by atoms with Gasteiger partial charge in [0.05, 0.1) is 6.04 Å². The predicted octanol–water partition coefficient (Wildman–Crippen LogP) is 6.28. The van der Waals surface area contributed by atoms with Gasteiger partial charge in [-0.15, -0.1) is 0 Å². The topological polar surface area (TPSA) is 165 Å². The number of aromatic carboxylic acids is 1. The molecule has 2 unspecified atom stereocenters. The molecule has 1 aromatic heterocycles. The van der Waals surface area contributed by atoms with Gasteiger partial charge in [-0.1, -0.05) is 30.3 Å². The van der Waals surface area contributed by atoms with Crippen molar-refractivity contribution in [2.45, 2.75) is 98.2 Å². The minimum absolute atomic E-state index is 0.220. The summed E-state index contributed by atoms with van der Waals surface area (Å²) >= 11 is 0. The molecule has 0 bridgehead atoms. The Hall–Kier alpha value is -5.54. The zero-order valence-electron chi connectivity index (χ0n) is 31.3. The molecule has 1 heterocycles. The molecule has 0 aliphatic heterocycles. The number of rotatable bonds is 12. The third-order valence-corrected chi connectivity index (χ3v) is 8.45. The van der Waals surface area contributed by atoms with Gasteiger partial charge < -0.3 is 30.0 Å². The number of ether oxygens (including phenoxy) is 3. The average Bonchev–Trinajstić information content (AvgIpc) is 3.84. The number of nitrogens with one attached hydrogen (secondary N) is 2. The van der Waals surface area contributed by atoms with Crippen molar-refractivity contribution in [3.05, 3.63) is 98.7 Å². The Balaban J connectivity index is 1.82. The van der Waals surface area contributed by atoms with E-state index in [1.54, 1.807) is 85.7 Å². The zero-order valence-corrected chi connectivity index (χ0v) is 31.3. The van der Waals surface area contributed by atoms with Crippen LogP contribution in [0.4, 0.5) is 22.8 Å². The fourth-order valence-corrected chi connectivity index (χ4v) is 5.88. The molecule has 1 saturated carbocycles. The van der Waals surface area contributed by atoms with Crippen LogP contribution < -0.4 is 25.8 Å². The van der Waals surface area contributed by atoms with Crippen molar-refractivity contribution >= 4 is 24.1 Å². The molecule has 0 saturated heterocycles. The van der Waals surface area contributed by atoms with Crippen LogP contribution in [0.1, 0.15) is 93.8 Å². The maximum Gasteiger partial charge on any atom is 0.429 e. The van der Waals surface area contributed by atoms with Crippen LogP contribution in [0.5, 0.6) is 5.75 Å². The van der Waals surface area contributed by atoms with Crippen LogP contribution >= 0.6 is 0 Å². The molecule has 4 rings (SSSR count). The molecule has 13 nitrogen and oxygen atoms in total. The van der Waals surface area contributed by atoms with Gasteiger partial charge in [-0.3, -0.25) is 9.59 Å². The molecule has 292 valence electrons. The largest absolute Gasteiger partial charge is 0.482 e. The van der Waals surface area contributed by atoms with E-state index >= 15 is 0 Å². The lowest BCUT2D eigenvalue weighted by Gasteiger charge is -2.35. The normalized spacial score (nSPS) is 16.4. The van der Waals surface area contributed by atoms with Crippen LogP contribution in [0, 0.1) is 29.3 Å². The van der Waals surface area contributed by atoms with E-state index in [1.807, 2.05) is 0 Å². The minimum atomic E-state index is -1.70. The summed E-state index contributed by atoms with van der Waals surface area (Å²) in [4.78, 5) is 67.2. The lowest BCUT2D eigenvalue weighted by Crippen LogP contribution is -2.52. The number of nitrogens with zero attached hydrogens (tertiary/aromatic N) is 2. The molecule has 0 radical (unpaired) electrons. The smallest absolute Gasteiger partial charge is 0.429 e. The Bertz CT molecular complexity index is 1930. The van der Waals surface area contributed by atoms with E-state index in [4.69, 9.17) is 14.2 Å². The minimum Gasteiger partial charge on any atom is -0.482 e. The summed E-state index contributed by atoms with van der Waals surface area (Å²) in [6, 6.07) is 7.91. The van der Waals surface area contributed by atoms with Crippen LogP contribution in [-0.2, 0) is 22.6 Å². The summed E-state index contributed by atoms with van der Waals surface area (Å²) in [6.07, 6.45) is -0.411. The Morgan fingerprint density at radius 3 is 2.09 bits per heavy atom. The summed E-state index contributed by atoms with van der Waals surface area (Å²) in [5.74, 6) is -8.08. The van der Waals surface area contributed by atoms with Gasteiger partial charge in [-0.05, 0) is 79.2 Å². The van der Waals surface area contributed by atoms with Crippen molar-refractivity contribution in [2.75, 3.05) is 5.01 Å². The summed E-state index contributed by atoms with van der Waals surface area (Å²) in [5, 5.41) is 16.5. The monoisotopic (exact) mass is 758 g/mol. The fraction of sp³-hybridized carbons (Fsp3) is 0.447. The van der Waals surface area contributed by atoms with Crippen molar-refractivity contribution in [2.24, 2.45) is 11.8 Å². The molecule has 3 amide bonds. The molecule has 54 heavy (non-hydrogen) atoms.